The van der Waals surface area contributed by atoms with Crippen molar-refractivity contribution in [2.24, 2.45) is 0 Å². The molecule has 134 valence electrons. The van der Waals surface area contributed by atoms with Crippen molar-refractivity contribution in [2.75, 3.05) is 33.1 Å². The molecule has 0 N–H and O–H groups in total. The lowest BCUT2D eigenvalue weighted by atomic mass is 10.2. The summed E-state index contributed by atoms with van der Waals surface area (Å²) in [6.45, 7) is 0. The van der Waals surface area contributed by atoms with Crippen molar-refractivity contribution in [1.82, 2.24) is 4.48 Å². The van der Waals surface area contributed by atoms with Gasteiger partial charge in [-0.05, 0) is 12.1 Å². The molecule has 8 nitrogen and oxygen atoms in total. The summed E-state index contributed by atoms with van der Waals surface area (Å²) in [5.74, 6) is 0. The molecule has 2 rings (SSSR count). The number of quaternary nitrogens is 1. The molecule has 0 radical (unpaired) electrons. The van der Waals surface area contributed by atoms with Crippen LogP contribution in [0.2, 0.25) is 0 Å². The van der Waals surface area contributed by atoms with Gasteiger partial charge >= 0.3 is 0 Å². The Morgan fingerprint density at radius 3 is 1.48 bits per heavy atom. The third-order valence-electron chi connectivity index (χ3n) is 3.34. The molecule has 2 aromatic rings. The second-order valence-electron chi connectivity index (χ2n) is 6.13. The molecule has 0 aliphatic rings. The number of rotatable bonds is 4. The third-order valence-corrected chi connectivity index (χ3v) is 3.34. The third kappa shape index (κ3) is 6.19. The minimum atomic E-state index is -0.410. The Balaban J connectivity index is 0.000000251. The van der Waals surface area contributed by atoms with Crippen molar-refractivity contribution in [3.63, 3.8) is 0 Å². The second kappa shape index (κ2) is 8.20. The van der Waals surface area contributed by atoms with E-state index < -0.39 is 9.85 Å². The minimum absolute atomic E-state index is 0.109. The summed E-state index contributed by atoms with van der Waals surface area (Å²) in [6.07, 6.45) is 0. The number of anilines is 1. The van der Waals surface area contributed by atoms with Crippen LogP contribution in [0.5, 0.6) is 0 Å². The highest BCUT2D eigenvalue weighted by atomic mass is 16.6. The van der Waals surface area contributed by atoms with E-state index in [-0.39, 0.29) is 11.4 Å². The molecule has 0 aliphatic heterocycles. The standard InChI is InChI=1S/C9H12N2O2.C8H10N2O2/c1-11(2,3)9-6-4-8(5-7-9)10(12)13;1-9(2)7-3-5-8(6-4-7)10(11)12/h4-7H,1H2,2-3H3;3-6H,1-2H3. The van der Waals surface area contributed by atoms with E-state index in [0.29, 0.717) is 4.48 Å². The molecule has 0 fully saturated rings. The number of benzene rings is 2. The molecular formula is C17H22N4O4. The minimum Gasteiger partial charge on any atom is -0.429 e. The first-order valence-electron chi connectivity index (χ1n) is 7.37. The fraction of sp³-hybridized carbons (Fsp3) is 0.235. The highest BCUT2D eigenvalue weighted by molar-refractivity contribution is 5.49. The summed E-state index contributed by atoms with van der Waals surface area (Å²) in [5.41, 5.74) is 2.13. The smallest absolute Gasteiger partial charge is 0.269 e. The Kier molecular flexibility index (Phi) is 6.58. The molecule has 0 aliphatic carbocycles. The number of hydrogen-bond donors (Lipinski definition) is 0. The van der Waals surface area contributed by atoms with Gasteiger partial charge in [-0.25, -0.2) is 0 Å². The molecule has 25 heavy (non-hydrogen) atoms. The number of hydrogen-bond acceptors (Lipinski definition) is 5. The molecule has 2 aromatic carbocycles. The maximum atomic E-state index is 10.3. The van der Waals surface area contributed by atoms with Gasteiger partial charge in [0.1, 0.15) is 5.69 Å². The molecule has 0 saturated heterocycles. The first kappa shape index (κ1) is 20.0. The molecule has 0 atom stereocenters. The quantitative estimate of drug-likeness (QED) is 0.365. The van der Waals surface area contributed by atoms with E-state index in [0.717, 1.165) is 11.4 Å². The van der Waals surface area contributed by atoms with E-state index in [2.05, 4.69) is 7.05 Å². The Hall–Kier alpha value is -3.00. The first-order chi connectivity index (χ1) is 11.5. The highest BCUT2D eigenvalue weighted by Gasteiger charge is 2.09. The average Bonchev–Trinajstić information content (AvgIpc) is 2.54. The highest BCUT2D eigenvalue weighted by Crippen LogP contribution is 2.21. The Bertz CT molecular complexity index is 720. The summed E-state index contributed by atoms with van der Waals surface area (Å²) in [7, 11) is 11.5. The fourth-order valence-electron chi connectivity index (χ4n) is 1.85. The Morgan fingerprint density at radius 1 is 0.840 bits per heavy atom. The predicted molar refractivity (Wildman–Crippen MR) is 99.5 cm³/mol. The summed E-state index contributed by atoms with van der Waals surface area (Å²) < 4.78 is 0.415. The van der Waals surface area contributed by atoms with E-state index in [4.69, 9.17) is 0 Å². The zero-order chi connectivity index (χ0) is 19.2. The predicted octanol–water partition coefficient (Wildman–Crippen LogP) is 3.61. The van der Waals surface area contributed by atoms with E-state index in [1.54, 1.807) is 24.3 Å². The van der Waals surface area contributed by atoms with Crippen LogP contribution in [0.1, 0.15) is 0 Å². The number of nitrogens with zero attached hydrogens (tertiary/aromatic N) is 4. The zero-order valence-corrected chi connectivity index (χ0v) is 14.7. The molecule has 8 heteroatoms. The normalized spacial score (nSPS) is 10.4. The molecule has 0 heterocycles. The molecule has 0 aromatic heterocycles. The van der Waals surface area contributed by atoms with Gasteiger partial charge in [0.25, 0.3) is 11.4 Å². The van der Waals surface area contributed by atoms with Gasteiger partial charge in [0.2, 0.25) is 0 Å². The molecule has 0 saturated carbocycles. The van der Waals surface area contributed by atoms with E-state index in [1.165, 1.54) is 24.3 Å². The number of non-ortho nitro benzene ring substituents is 2. The van der Waals surface area contributed by atoms with Crippen LogP contribution in [0.25, 0.3) is 0 Å². The maximum Gasteiger partial charge on any atom is 0.269 e. The SMILES string of the molecule is CN(C)c1ccc([N+](=O)[O-])cc1.[CH2-][N+](C)(C)c1ccc([N+](=O)[O-])cc1. The lowest BCUT2D eigenvalue weighted by molar-refractivity contribution is -0.385. The fourth-order valence-corrected chi connectivity index (χ4v) is 1.85. The Morgan fingerprint density at radius 2 is 1.20 bits per heavy atom. The van der Waals surface area contributed by atoms with Crippen molar-refractivity contribution < 1.29 is 9.85 Å². The first-order valence-corrected chi connectivity index (χ1v) is 7.37. The van der Waals surface area contributed by atoms with Crippen LogP contribution in [-0.4, -0.2) is 38.0 Å². The maximum absolute atomic E-state index is 10.3. The summed E-state index contributed by atoms with van der Waals surface area (Å²) in [5, 5.41) is 20.6. The van der Waals surface area contributed by atoms with E-state index in [1.807, 2.05) is 33.1 Å². The second-order valence-corrected chi connectivity index (χ2v) is 6.13. The van der Waals surface area contributed by atoms with Gasteiger partial charge in [-0.15, -0.1) is 7.05 Å². The van der Waals surface area contributed by atoms with E-state index >= 15 is 0 Å². The number of nitro groups is 2. The van der Waals surface area contributed by atoms with Crippen molar-refractivity contribution in [3.8, 4) is 0 Å². The van der Waals surface area contributed by atoms with Crippen LogP contribution < -0.4 is 9.38 Å². The van der Waals surface area contributed by atoms with Crippen molar-refractivity contribution in [1.29, 1.82) is 0 Å². The van der Waals surface area contributed by atoms with Crippen molar-refractivity contribution >= 4 is 22.7 Å². The van der Waals surface area contributed by atoms with Crippen LogP contribution in [0.15, 0.2) is 48.5 Å². The van der Waals surface area contributed by atoms with Crippen LogP contribution in [-0.2, 0) is 0 Å². The van der Waals surface area contributed by atoms with Crippen molar-refractivity contribution in [2.45, 2.75) is 0 Å². The van der Waals surface area contributed by atoms with Crippen LogP contribution in [0.4, 0.5) is 22.7 Å². The monoisotopic (exact) mass is 346 g/mol. The van der Waals surface area contributed by atoms with Gasteiger partial charge < -0.3 is 9.38 Å². The van der Waals surface area contributed by atoms with Crippen LogP contribution >= 0.6 is 0 Å². The largest absolute Gasteiger partial charge is 0.429 e. The average molecular weight is 346 g/mol. The van der Waals surface area contributed by atoms with Crippen LogP contribution in [0.3, 0.4) is 0 Å². The van der Waals surface area contributed by atoms with Crippen molar-refractivity contribution in [3.05, 3.63) is 75.8 Å². The van der Waals surface area contributed by atoms with Gasteiger partial charge in [0.05, 0.1) is 9.85 Å². The van der Waals surface area contributed by atoms with Gasteiger partial charge in [-0.1, -0.05) is 0 Å². The summed E-state index contributed by atoms with van der Waals surface area (Å²) in [6, 6.07) is 12.8. The molecular weight excluding hydrogens is 324 g/mol. The van der Waals surface area contributed by atoms with E-state index in [9.17, 15) is 20.2 Å². The molecule has 0 spiro atoms. The van der Waals surface area contributed by atoms with Gasteiger partial charge in [-0.2, -0.15) is 0 Å². The lowest BCUT2D eigenvalue weighted by Gasteiger charge is -2.31. The Labute approximate surface area is 146 Å². The topological polar surface area (TPSA) is 89.5 Å². The van der Waals surface area contributed by atoms with Gasteiger partial charge in [-0.3, -0.25) is 20.2 Å². The lowest BCUT2D eigenvalue weighted by Crippen LogP contribution is -2.31. The van der Waals surface area contributed by atoms with Gasteiger partial charge in [0.15, 0.2) is 0 Å². The summed E-state index contributed by atoms with van der Waals surface area (Å²) >= 11 is 0. The van der Waals surface area contributed by atoms with Gasteiger partial charge in [0, 0.05) is 70.3 Å². The molecule has 0 unspecified atom stereocenters. The summed E-state index contributed by atoms with van der Waals surface area (Å²) in [4.78, 5) is 21.7. The number of nitro benzene ring substituents is 2. The molecule has 0 bridgehead atoms. The zero-order valence-electron chi connectivity index (χ0n) is 14.7. The van der Waals surface area contributed by atoms with Crippen LogP contribution in [0, 0.1) is 27.3 Å². The molecule has 0 amide bonds.